The van der Waals surface area contributed by atoms with Gasteiger partial charge in [-0.05, 0) is 11.6 Å². The van der Waals surface area contributed by atoms with Crippen LogP contribution in [0, 0.1) is 0 Å². The fraction of sp³-hybridized carbons (Fsp3) is 1.00. The second-order valence-corrected chi connectivity index (χ2v) is 5.72. The summed E-state index contributed by atoms with van der Waals surface area (Å²) in [5.74, 6) is -31.5. The van der Waals surface area contributed by atoms with Crippen molar-refractivity contribution in [2.45, 2.75) is 34.3 Å². The van der Waals surface area contributed by atoms with Crippen molar-refractivity contribution in [2.24, 2.45) is 0 Å². The predicted molar refractivity (Wildman–Crippen MR) is 47.1 cm³/mol. The zero-order valence-corrected chi connectivity index (χ0v) is 11.2. The first-order valence-electron chi connectivity index (χ1n) is 4.43. The molecule has 0 aliphatic heterocycles. The number of alkyl halides is 13. The molecule has 0 saturated heterocycles. The highest BCUT2D eigenvalue weighted by molar-refractivity contribution is 7.87. The molecular weight excluding hydrogens is 416 g/mol. The van der Waals surface area contributed by atoms with Crippen LogP contribution >= 0.6 is 11.6 Å². The Balaban J connectivity index is 6.48. The Labute approximate surface area is 122 Å². The minimum atomic E-state index is -8.10. The van der Waals surface area contributed by atoms with E-state index in [1.54, 1.807) is 0 Å². The Hall–Kier alpha value is -0.640. The van der Waals surface area contributed by atoms with Gasteiger partial charge < -0.3 is 0 Å². The zero-order chi connectivity index (χ0) is 19.5. The highest BCUT2D eigenvalue weighted by atomic mass is 35.5. The van der Waals surface area contributed by atoms with Gasteiger partial charge in [0.1, 0.15) is 0 Å². The van der Waals surface area contributed by atoms with Crippen LogP contribution in [0.5, 0.6) is 0 Å². The summed E-state index contributed by atoms with van der Waals surface area (Å²) in [5, 5.41) is -14.1. The van der Waals surface area contributed by atoms with E-state index in [1.165, 1.54) is 0 Å². The van der Waals surface area contributed by atoms with Crippen molar-refractivity contribution in [2.75, 3.05) is 0 Å². The predicted octanol–water partition coefficient (Wildman–Crippen LogP) is 3.84. The van der Waals surface area contributed by atoms with Crippen molar-refractivity contribution in [1.29, 1.82) is 0 Å². The van der Waals surface area contributed by atoms with Crippen LogP contribution in [0.15, 0.2) is 0 Å². The number of rotatable bonds is 6. The van der Waals surface area contributed by atoms with Gasteiger partial charge in [0.05, 0.1) is 0 Å². The van der Waals surface area contributed by atoms with E-state index in [1.807, 2.05) is 0 Å². The van der Waals surface area contributed by atoms with Crippen molar-refractivity contribution >= 4 is 21.7 Å². The van der Waals surface area contributed by atoms with E-state index in [2.05, 4.69) is 11.6 Å². The Kier molecular flexibility index (Phi) is 5.03. The molecule has 0 amide bonds. The fourth-order valence-electron chi connectivity index (χ4n) is 0.917. The van der Waals surface area contributed by atoms with E-state index < -0.39 is 44.4 Å². The number of hydrogen-bond donors (Lipinski definition) is 1. The lowest BCUT2D eigenvalue weighted by Crippen LogP contribution is -2.70. The molecule has 0 aliphatic carbocycles. The molecule has 0 aromatic heterocycles. The van der Waals surface area contributed by atoms with Crippen LogP contribution in [0.2, 0.25) is 0 Å². The number of halogens is 13. The summed E-state index contributed by atoms with van der Waals surface area (Å²) in [6, 6.07) is 0. The Morgan fingerprint density at radius 1 is 0.609 bits per heavy atom. The molecular formula is C6HClF12O3S. The lowest BCUT2D eigenvalue weighted by atomic mass is 9.98. The molecule has 1 N–H and O–H groups in total. The maximum Gasteiger partial charge on any atom is 0.438 e. The van der Waals surface area contributed by atoms with Crippen LogP contribution in [0.3, 0.4) is 0 Å². The van der Waals surface area contributed by atoms with Gasteiger partial charge in [0, 0.05) is 0 Å². The lowest BCUT2D eigenvalue weighted by Gasteiger charge is -2.39. The molecule has 0 unspecified atom stereocenters. The molecule has 140 valence electrons. The summed E-state index contributed by atoms with van der Waals surface area (Å²) in [6.07, 6.45) is 0. The standard InChI is InChI=1S/C6HClF12O3S/c7-5(16,17)3(12,13)1(8,9)2(10,11)4(14,15)6(18,19)23(20,21)22/h(H,20,21,22). The van der Waals surface area contributed by atoms with Crippen molar-refractivity contribution in [3.63, 3.8) is 0 Å². The molecule has 0 aromatic rings. The van der Waals surface area contributed by atoms with Crippen molar-refractivity contribution < 1.29 is 65.7 Å². The molecule has 0 fully saturated rings. The Morgan fingerprint density at radius 2 is 0.870 bits per heavy atom. The van der Waals surface area contributed by atoms with Crippen molar-refractivity contribution in [3.8, 4) is 0 Å². The van der Waals surface area contributed by atoms with Gasteiger partial charge in [-0.25, -0.2) is 0 Å². The molecule has 0 spiro atoms. The van der Waals surface area contributed by atoms with E-state index >= 15 is 0 Å². The lowest BCUT2D eigenvalue weighted by molar-refractivity contribution is -0.407. The highest BCUT2D eigenvalue weighted by Gasteiger charge is 2.92. The van der Waals surface area contributed by atoms with Gasteiger partial charge in [-0.1, -0.05) is 0 Å². The van der Waals surface area contributed by atoms with Crippen LogP contribution in [0.25, 0.3) is 0 Å². The topological polar surface area (TPSA) is 54.4 Å². The van der Waals surface area contributed by atoms with E-state index in [9.17, 15) is 61.1 Å². The molecule has 0 atom stereocenters. The van der Waals surface area contributed by atoms with E-state index in [0.717, 1.165) is 0 Å². The van der Waals surface area contributed by atoms with Gasteiger partial charge in [0.2, 0.25) is 0 Å². The van der Waals surface area contributed by atoms with Crippen LogP contribution < -0.4 is 0 Å². The summed E-state index contributed by atoms with van der Waals surface area (Å²) in [5.41, 5.74) is 0. The third kappa shape index (κ3) is 2.81. The molecule has 0 rings (SSSR count). The summed E-state index contributed by atoms with van der Waals surface area (Å²) < 4.78 is 178. The smallest absolute Gasteiger partial charge is 0.281 e. The van der Waals surface area contributed by atoms with Gasteiger partial charge in [0.15, 0.2) is 0 Å². The molecule has 3 nitrogen and oxygen atoms in total. The monoisotopic (exact) mass is 416 g/mol. The minimum Gasteiger partial charge on any atom is -0.281 e. The third-order valence-electron chi connectivity index (χ3n) is 2.23. The van der Waals surface area contributed by atoms with Crippen LogP contribution in [0.4, 0.5) is 52.7 Å². The molecule has 23 heavy (non-hydrogen) atoms. The summed E-state index contributed by atoms with van der Waals surface area (Å²) in [6.45, 7) is 0. The molecule has 0 aliphatic rings. The average molecular weight is 417 g/mol. The van der Waals surface area contributed by atoms with Crippen LogP contribution in [-0.2, 0) is 10.1 Å². The van der Waals surface area contributed by atoms with Gasteiger partial charge in [-0.15, -0.1) is 0 Å². The van der Waals surface area contributed by atoms with Gasteiger partial charge in [-0.2, -0.15) is 61.1 Å². The van der Waals surface area contributed by atoms with Gasteiger partial charge >= 0.3 is 44.4 Å². The molecule has 0 aromatic carbocycles. The quantitative estimate of drug-likeness (QED) is 0.407. The second-order valence-electron chi connectivity index (χ2n) is 3.79. The largest absolute Gasteiger partial charge is 0.438 e. The average Bonchev–Trinajstić information content (AvgIpc) is 2.24. The first kappa shape index (κ1) is 22.4. The molecule has 17 heteroatoms. The summed E-state index contributed by atoms with van der Waals surface area (Å²) in [4.78, 5) is 0. The van der Waals surface area contributed by atoms with Crippen molar-refractivity contribution in [3.05, 3.63) is 0 Å². The number of hydrogen-bond acceptors (Lipinski definition) is 2. The third-order valence-corrected chi connectivity index (χ3v) is 3.37. The first-order chi connectivity index (χ1) is 9.50. The van der Waals surface area contributed by atoms with Crippen molar-refractivity contribution in [1.82, 2.24) is 0 Å². The molecule has 0 saturated carbocycles. The molecule has 0 bridgehead atoms. The SMILES string of the molecule is O=S(=O)(O)C(F)(F)C(F)(F)C(F)(F)C(F)(F)C(F)(F)C(F)(F)Cl. The minimum absolute atomic E-state index is 3.37. The fourth-order valence-corrected chi connectivity index (χ4v) is 1.49. The maximum absolute atomic E-state index is 12.8. The maximum atomic E-state index is 12.8. The van der Waals surface area contributed by atoms with Gasteiger partial charge in [0.25, 0.3) is 0 Å². The molecule has 0 heterocycles. The second kappa shape index (κ2) is 5.18. The van der Waals surface area contributed by atoms with E-state index in [0.29, 0.717) is 0 Å². The zero-order valence-electron chi connectivity index (χ0n) is 9.59. The summed E-state index contributed by atoms with van der Waals surface area (Å²) >= 11 is 3.37. The summed E-state index contributed by atoms with van der Waals surface area (Å²) in [7, 11) is -7.55. The first-order valence-corrected chi connectivity index (χ1v) is 6.24. The Morgan fingerprint density at radius 3 is 1.09 bits per heavy atom. The highest BCUT2D eigenvalue weighted by Crippen LogP contribution is 2.61. The Bertz CT molecular complexity index is 564. The van der Waals surface area contributed by atoms with E-state index in [4.69, 9.17) is 4.55 Å². The normalized spacial score (nSPS) is 16.6. The van der Waals surface area contributed by atoms with E-state index in [-0.39, 0.29) is 0 Å². The molecule has 0 radical (unpaired) electrons. The van der Waals surface area contributed by atoms with Crippen LogP contribution in [-0.4, -0.2) is 47.3 Å². The van der Waals surface area contributed by atoms with Gasteiger partial charge in [-0.3, -0.25) is 4.55 Å². The van der Waals surface area contributed by atoms with Crippen LogP contribution in [0.1, 0.15) is 0 Å².